The molecule has 2 rings (SSSR count). The minimum absolute atomic E-state index is 0.00299. The average molecular weight is 205 g/mol. The van der Waals surface area contributed by atoms with Crippen LogP contribution in [0.25, 0.3) is 0 Å². The van der Waals surface area contributed by atoms with Crippen molar-refractivity contribution in [3.05, 3.63) is 24.3 Å². The highest BCUT2D eigenvalue weighted by molar-refractivity contribution is 6.01. The highest BCUT2D eigenvalue weighted by Crippen LogP contribution is 2.39. The molecule has 3 nitrogen and oxygen atoms in total. The standard InChI is InChI=1S/C12H15NO2/c1-3-13-11(15)8-9(2)12(13)6-4-10(14)5-7-12/h4-7,9H,3,8H2,1-2H3. The molecule has 80 valence electrons. The molecular weight excluding hydrogens is 190 g/mol. The molecule has 1 amide bonds. The summed E-state index contributed by atoms with van der Waals surface area (Å²) in [5, 5.41) is 0. The Hall–Kier alpha value is -1.38. The molecule has 1 atom stereocenters. The molecule has 0 aromatic rings. The quantitative estimate of drug-likeness (QED) is 0.647. The number of amides is 1. The molecule has 1 aliphatic carbocycles. The number of hydrogen-bond donors (Lipinski definition) is 0. The lowest BCUT2D eigenvalue weighted by molar-refractivity contribution is -0.129. The van der Waals surface area contributed by atoms with E-state index in [0.29, 0.717) is 13.0 Å². The van der Waals surface area contributed by atoms with Crippen molar-refractivity contribution in [2.75, 3.05) is 6.54 Å². The van der Waals surface area contributed by atoms with Gasteiger partial charge in [0, 0.05) is 13.0 Å². The van der Waals surface area contributed by atoms with Gasteiger partial charge in [-0.25, -0.2) is 0 Å². The van der Waals surface area contributed by atoms with Crippen LogP contribution < -0.4 is 0 Å². The van der Waals surface area contributed by atoms with Gasteiger partial charge in [-0.15, -0.1) is 0 Å². The van der Waals surface area contributed by atoms with Crippen LogP contribution in [-0.4, -0.2) is 28.7 Å². The number of ketones is 1. The summed E-state index contributed by atoms with van der Waals surface area (Å²) in [5.74, 6) is 0.419. The molecule has 1 unspecified atom stereocenters. The number of carbonyl (C=O) groups excluding carboxylic acids is 2. The van der Waals surface area contributed by atoms with Crippen LogP contribution in [0, 0.1) is 5.92 Å². The Kier molecular flexibility index (Phi) is 2.25. The molecule has 1 heterocycles. The summed E-state index contributed by atoms with van der Waals surface area (Å²) >= 11 is 0. The number of likely N-dealkylation sites (tertiary alicyclic amines) is 1. The van der Waals surface area contributed by atoms with Gasteiger partial charge in [-0.1, -0.05) is 19.1 Å². The summed E-state index contributed by atoms with van der Waals surface area (Å²) in [6, 6.07) is 0. The number of carbonyl (C=O) groups is 2. The van der Waals surface area contributed by atoms with Crippen molar-refractivity contribution in [2.24, 2.45) is 5.92 Å². The van der Waals surface area contributed by atoms with E-state index in [1.54, 1.807) is 12.2 Å². The van der Waals surface area contributed by atoms with Crippen molar-refractivity contribution in [1.82, 2.24) is 4.90 Å². The Labute approximate surface area is 89.4 Å². The number of likely N-dealkylation sites (N-methyl/N-ethyl adjacent to an activating group) is 1. The van der Waals surface area contributed by atoms with Gasteiger partial charge >= 0.3 is 0 Å². The van der Waals surface area contributed by atoms with Crippen LogP contribution in [0.2, 0.25) is 0 Å². The maximum Gasteiger partial charge on any atom is 0.223 e. The lowest BCUT2D eigenvalue weighted by Crippen LogP contribution is -2.46. The third kappa shape index (κ3) is 1.34. The topological polar surface area (TPSA) is 37.4 Å². The van der Waals surface area contributed by atoms with Crippen molar-refractivity contribution in [3.8, 4) is 0 Å². The van der Waals surface area contributed by atoms with Gasteiger partial charge in [0.25, 0.3) is 0 Å². The molecule has 3 heteroatoms. The second-order valence-electron chi connectivity index (χ2n) is 4.20. The van der Waals surface area contributed by atoms with Crippen molar-refractivity contribution in [3.63, 3.8) is 0 Å². The zero-order valence-corrected chi connectivity index (χ0v) is 9.06. The van der Waals surface area contributed by atoms with Gasteiger partial charge in [-0.2, -0.15) is 0 Å². The smallest absolute Gasteiger partial charge is 0.223 e. The molecule has 15 heavy (non-hydrogen) atoms. The molecule has 0 saturated carbocycles. The van der Waals surface area contributed by atoms with E-state index in [1.807, 2.05) is 24.0 Å². The van der Waals surface area contributed by atoms with Crippen LogP contribution in [-0.2, 0) is 9.59 Å². The zero-order valence-electron chi connectivity index (χ0n) is 9.06. The molecule has 1 fully saturated rings. The Bertz CT molecular complexity index is 352. The van der Waals surface area contributed by atoms with Gasteiger partial charge in [0.1, 0.15) is 0 Å². The summed E-state index contributed by atoms with van der Waals surface area (Å²) in [6.45, 7) is 4.71. The van der Waals surface area contributed by atoms with Crippen LogP contribution in [0.5, 0.6) is 0 Å². The number of nitrogens with zero attached hydrogens (tertiary/aromatic N) is 1. The Morgan fingerprint density at radius 3 is 2.53 bits per heavy atom. The SMILES string of the molecule is CCN1C(=O)CC(C)C12C=CC(=O)C=C2. The summed E-state index contributed by atoms with van der Waals surface area (Å²) in [4.78, 5) is 24.7. The predicted molar refractivity (Wildman–Crippen MR) is 57.2 cm³/mol. The van der Waals surface area contributed by atoms with Crippen molar-refractivity contribution >= 4 is 11.7 Å². The summed E-state index contributed by atoms with van der Waals surface area (Å²) < 4.78 is 0. The van der Waals surface area contributed by atoms with E-state index in [0.717, 1.165) is 0 Å². The molecule has 0 aromatic carbocycles. The third-order valence-electron chi connectivity index (χ3n) is 3.38. The summed E-state index contributed by atoms with van der Waals surface area (Å²) in [6.07, 6.45) is 7.44. The Balaban J connectivity index is 2.41. The highest BCUT2D eigenvalue weighted by atomic mass is 16.2. The monoisotopic (exact) mass is 205 g/mol. The van der Waals surface area contributed by atoms with Gasteiger partial charge in [0.05, 0.1) is 5.54 Å². The molecule has 0 aromatic heterocycles. The average Bonchev–Trinajstić information content (AvgIpc) is 2.43. The maximum absolute atomic E-state index is 11.7. The maximum atomic E-state index is 11.7. The molecule has 1 spiro atoms. The van der Waals surface area contributed by atoms with Crippen molar-refractivity contribution < 1.29 is 9.59 Å². The lowest BCUT2D eigenvalue weighted by Gasteiger charge is -2.37. The van der Waals surface area contributed by atoms with Crippen LogP contribution >= 0.6 is 0 Å². The molecular formula is C12H15NO2. The molecule has 1 aliphatic heterocycles. The second-order valence-corrected chi connectivity index (χ2v) is 4.20. The lowest BCUT2D eigenvalue weighted by atomic mass is 9.82. The van der Waals surface area contributed by atoms with Crippen LogP contribution in [0.4, 0.5) is 0 Å². The van der Waals surface area contributed by atoms with Gasteiger partial charge in [0.2, 0.25) is 5.91 Å². The minimum atomic E-state index is -0.347. The fourth-order valence-electron chi connectivity index (χ4n) is 2.52. The van der Waals surface area contributed by atoms with Gasteiger partial charge < -0.3 is 4.90 Å². The number of rotatable bonds is 1. The zero-order chi connectivity index (χ0) is 11.1. The van der Waals surface area contributed by atoms with E-state index >= 15 is 0 Å². The first kappa shape index (κ1) is 10.1. The van der Waals surface area contributed by atoms with Gasteiger partial charge in [0.15, 0.2) is 5.78 Å². The fourth-order valence-corrected chi connectivity index (χ4v) is 2.52. The van der Waals surface area contributed by atoms with Crippen molar-refractivity contribution in [1.29, 1.82) is 0 Å². The predicted octanol–water partition coefficient (Wildman–Crippen LogP) is 1.31. The highest BCUT2D eigenvalue weighted by Gasteiger charge is 2.47. The molecule has 0 bridgehead atoms. The first-order valence-corrected chi connectivity index (χ1v) is 5.33. The van der Waals surface area contributed by atoms with Gasteiger partial charge in [-0.05, 0) is 25.0 Å². The molecule has 2 aliphatic rings. The number of allylic oxidation sites excluding steroid dienone is 2. The first-order valence-electron chi connectivity index (χ1n) is 5.33. The van der Waals surface area contributed by atoms with Crippen LogP contribution in [0.15, 0.2) is 24.3 Å². The first-order chi connectivity index (χ1) is 7.10. The fraction of sp³-hybridized carbons (Fsp3) is 0.500. The van der Waals surface area contributed by atoms with E-state index in [-0.39, 0.29) is 23.1 Å². The largest absolute Gasteiger partial charge is 0.330 e. The molecule has 0 N–H and O–H groups in total. The van der Waals surface area contributed by atoms with E-state index in [4.69, 9.17) is 0 Å². The Morgan fingerprint density at radius 1 is 1.40 bits per heavy atom. The van der Waals surface area contributed by atoms with E-state index in [2.05, 4.69) is 6.92 Å². The van der Waals surface area contributed by atoms with Crippen molar-refractivity contribution in [2.45, 2.75) is 25.8 Å². The van der Waals surface area contributed by atoms with E-state index in [1.165, 1.54) is 0 Å². The second kappa shape index (κ2) is 3.33. The number of hydrogen-bond acceptors (Lipinski definition) is 2. The van der Waals surface area contributed by atoms with Gasteiger partial charge in [-0.3, -0.25) is 9.59 Å². The Morgan fingerprint density at radius 2 is 2.00 bits per heavy atom. The minimum Gasteiger partial charge on any atom is -0.330 e. The van der Waals surface area contributed by atoms with Crippen LogP contribution in [0.3, 0.4) is 0 Å². The normalized spacial score (nSPS) is 28.1. The summed E-state index contributed by atoms with van der Waals surface area (Å²) in [7, 11) is 0. The van der Waals surface area contributed by atoms with Crippen LogP contribution in [0.1, 0.15) is 20.3 Å². The molecule has 1 saturated heterocycles. The third-order valence-corrected chi connectivity index (χ3v) is 3.38. The van der Waals surface area contributed by atoms with E-state index < -0.39 is 0 Å². The molecule has 0 radical (unpaired) electrons. The summed E-state index contributed by atoms with van der Waals surface area (Å²) in [5.41, 5.74) is -0.347. The van der Waals surface area contributed by atoms with E-state index in [9.17, 15) is 9.59 Å².